The molecule has 0 amide bonds. The first-order valence-corrected chi connectivity index (χ1v) is 9.85. The number of carbonyl (C=O) groups excluding carboxylic acids is 1. The number of aliphatic hydroxyl groups is 1. The van der Waals surface area contributed by atoms with Gasteiger partial charge in [-0.15, -0.1) is 0 Å². The quantitative estimate of drug-likeness (QED) is 0.776. The van der Waals surface area contributed by atoms with E-state index in [0.29, 0.717) is 43.7 Å². The molecule has 4 rings (SSSR count). The van der Waals surface area contributed by atoms with Crippen LogP contribution in [0.5, 0.6) is 5.75 Å². The lowest BCUT2D eigenvalue weighted by Gasteiger charge is -2.47. The van der Waals surface area contributed by atoms with Crippen molar-refractivity contribution in [3.05, 3.63) is 59.4 Å². The highest BCUT2D eigenvalue weighted by Gasteiger charge is 2.47. The van der Waals surface area contributed by atoms with Gasteiger partial charge in [-0.2, -0.15) is 0 Å². The van der Waals surface area contributed by atoms with E-state index in [4.69, 9.17) is 9.84 Å². The molecule has 154 valence electrons. The highest BCUT2D eigenvalue weighted by atomic mass is 19.2. The van der Waals surface area contributed by atoms with E-state index < -0.39 is 11.4 Å². The Balaban J connectivity index is 1.43. The summed E-state index contributed by atoms with van der Waals surface area (Å²) in [6.45, 7) is 1.72. The molecule has 7 heteroatoms. The van der Waals surface area contributed by atoms with Crippen LogP contribution in [0.15, 0.2) is 42.5 Å². The van der Waals surface area contributed by atoms with Crippen molar-refractivity contribution < 1.29 is 23.5 Å². The summed E-state index contributed by atoms with van der Waals surface area (Å²) >= 11 is 0. The lowest BCUT2D eigenvalue weighted by Crippen LogP contribution is -2.55. The molecule has 2 heterocycles. The van der Waals surface area contributed by atoms with Crippen LogP contribution in [0.3, 0.4) is 0 Å². The van der Waals surface area contributed by atoms with Crippen LogP contribution in [0, 0.1) is 5.82 Å². The van der Waals surface area contributed by atoms with Crippen LogP contribution >= 0.6 is 0 Å². The number of anilines is 1. The number of ketones is 1. The number of aliphatic hydroxyl groups excluding tert-OH is 1. The van der Waals surface area contributed by atoms with Crippen molar-refractivity contribution in [2.75, 3.05) is 31.4 Å². The number of halogens is 2. The average Bonchev–Trinajstić information content (AvgIpc) is 2.74. The molecule has 29 heavy (non-hydrogen) atoms. The van der Waals surface area contributed by atoms with Gasteiger partial charge in [0.2, 0.25) is 0 Å². The maximum Gasteiger partial charge on any atom is 0.167 e. The predicted molar refractivity (Wildman–Crippen MR) is 105 cm³/mol. The Bertz CT molecular complexity index is 897. The molecule has 0 aliphatic carbocycles. The van der Waals surface area contributed by atoms with Crippen LogP contribution in [0.4, 0.5) is 14.6 Å². The Hall–Kier alpha value is -2.51. The van der Waals surface area contributed by atoms with Crippen molar-refractivity contribution in [1.82, 2.24) is 4.90 Å². The molecule has 0 aromatic heterocycles. The van der Waals surface area contributed by atoms with Crippen LogP contribution in [0.25, 0.3) is 0 Å². The smallest absolute Gasteiger partial charge is 0.167 e. The van der Waals surface area contributed by atoms with Crippen LogP contribution in [-0.4, -0.2) is 47.6 Å². The van der Waals surface area contributed by atoms with E-state index in [1.54, 1.807) is 36.4 Å². The molecule has 0 atom stereocenters. The van der Waals surface area contributed by atoms with Gasteiger partial charge in [0, 0.05) is 31.6 Å². The number of fused-ring (bicyclic) bond motifs is 1. The SMILES string of the molecule is O=C1CC2(CCN(Cc3ccc(F)c(OCCO)c3)CC2)N(F)c2ccccc21. The highest BCUT2D eigenvalue weighted by molar-refractivity contribution is 6.04. The number of carbonyl (C=O) groups is 1. The molecule has 0 unspecified atom stereocenters. The summed E-state index contributed by atoms with van der Waals surface area (Å²) in [4.78, 5) is 14.7. The monoisotopic (exact) mass is 402 g/mol. The van der Waals surface area contributed by atoms with Crippen LogP contribution in [0.1, 0.15) is 35.2 Å². The zero-order valence-electron chi connectivity index (χ0n) is 16.1. The maximum atomic E-state index is 15.2. The number of para-hydroxylation sites is 1. The lowest BCUT2D eigenvalue weighted by atomic mass is 9.78. The number of nitrogens with zero attached hydrogens (tertiary/aromatic N) is 2. The second-order valence-corrected chi connectivity index (χ2v) is 7.74. The van der Waals surface area contributed by atoms with E-state index in [1.807, 2.05) is 0 Å². The second kappa shape index (κ2) is 8.08. The molecule has 1 N–H and O–H groups in total. The minimum Gasteiger partial charge on any atom is -0.488 e. The molecule has 0 saturated carbocycles. The third-order valence-electron chi connectivity index (χ3n) is 5.86. The first-order chi connectivity index (χ1) is 14.0. The van der Waals surface area contributed by atoms with Crippen molar-refractivity contribution in [3.63, 3.8) is 0 Å². The number of ether oxygens (including phenoxy) is 1. The molecule has 0 bridgehead atoms. The van der Waals surface area contributed by atoms with Gasteiger partial charge in [-0.05, 0) is 42.7 Å². The van der Waals surface area contributed by atoms with Crippen LogP contribution in [-0.2, 0) is 6.54 Å². The molecule has 2 aliphatic rings. The van der Waals surface area contributed by atoms with Crippen molar-refractivity contribution in [2.24, 2.45) is 0 Å². The van der Waals surface area contributed by atoms with Gasteiger partial charge >= 0.3 is 0 Å². The molecule has 2 aromatic carbocycles. The van der Waals surface area contributed by atoms with E-state index in [9.17, 15) is 9.18 Å². The highest BCUT2D eigenvalue weighted by Crippen LogP contribution is 2.43. The molecule has 0 radical (unpaired) electrons. The molecular weight excluding hydrogens is 378 g/mol. The maximum absolute atomic E-state index is 15.2. The summed E-state index contributed by atoms with van der Waals surface area (Å²) in [5.74, 6) is -0.353. The van der Waals surface area contributed by atoms with Crippen molar-refractivity contribution in [3.8, 4) is 5.75 Å². The molecular formula is C22H24F2N2O3. The van der Waals surface area contributed by atoms with Gasteiger partial charge in [0.25, 0.3) is 0 Å². The average molecular weight is 402 g/mol. The predicted octanol–water partition coefficient (Wildman–Crippen LogP) is 3.51. The third kappa shape index (κ3) is 3.84. The van der Waals surface area contributed by atoms with Crippen molar-refractivity contribution in [2.45, 2.75) is 31.3 Å². The Morgan fingerprint density at radius 3 is 2.66 bits per heavy atom. The van der Waals surface area contributed by atoms with Crippen LogP contribution < -0.4 is 9.86 Å². The minimum absolute atomic E-state index is 0.00726. The summed E-state index contributed by atoms with van der Waals surface area (Å²) in [5.41, 5.74) is 0.906. The first-order valence-electron chi connectivity index (χ1n) is 9.85. The fraction of sp³-hybridized carbons (Fsp3) is 0.409. The number of piperidine rings is 1. The van der Waals surface area contributed by atoms with E-state index in [2.05, 4.69) is 4.90 Å². The second-order valence-electron chi connectivity index (χ2n) is 7.74. The van der Waals surface area contributed by atoms with Crippen molar-refractivity contribution >= 4 is 11.5 Å². The third-order valence-corrected chi connectivity index (χ3v) is 5.86. The Labute approximate surface area is 168 Å². The summed E-state index contributed by atoms with van der Waals surface area (Å²) in [5, 5.41) is 9.66. The van der Waals surface area contributed by atoms with Gasteiger partial charge < -0.3 is 9.84 Å². The van der Waals surface area contributed by atoms with Crippen LogP contribution in [0.2, 0.25) is 0 Å². The van der Waals surface area contributed by atoms with Gasteiger partial charge in [0.15, 0.2) is 17.3 Å². The molecule has 1 fully saturated rings. The van der Waals surface area contributed by atoms with Crippen molar-refractivity contribution in [1.29, 1.82) is 0 Å². The zero-order chi connectivity index (χ0) is 20.4. The fourth-order valence-corrected chi connectivity index (χ4v) is 4.27. The minimum atomic E-state index is -0.792. The zero-order valence-corrected chi connectivity index (χ0v) is 16.1. The largest absolute Gasteiger partial charge is 0.488 e. The Kier molecular flexibility index (Phi) is 5.52. The van der Waals surface area contributed by atoms with Gasteiger partial charge in [0.1, 0.15) is 6.61 Å². The van der Waals surface area contributed by atoms with Gasteiger partial charge in [0.05, 0.1) is 17.8 Å². The first kappa shape index (κ1) is 19.8. The molecule has 5 nitrogen and oxygen atoms in total. The summed E-state index contributed by atoms with van der Waals surface area (Å²) in [7, 11) is 0. The number of rotatable bonds is 5. The number of likely N-dealkylation sites (tertiary alicyclic amines) is 1. The van der Waals surface area contributed by atoms with E-state index in [1.165, 1.54) is 6.07 Å². The van der Waals surface area contributed by atoms with Gasteiger partial charge in [-0.1, -0.05) is 22.7 Å². The molecule has 2 aromatic rings. The summed E-state index contributed by atoms with van der Waals surface area (Å²) < 4.78 is 34.3. The lowest BCUT2D eigenvalue weighted by molar-refractivity contribution is 0.0756. The van der Waals surface area contributed by atoms with E-state index in [-0.39, 0.29) is 31.2 Å². The topological polar surface area (TPSA) is 53.0 Å². The normalized spacial score (nSPS) is 18.7. The van der Waals surface area contributed by atoms with E-state index >= 15 is 4.48 Å². The Morgan fingerprint density at radius 1 is 1.14 bits per heavy atom. The molecule has 1 spiro atoms. The summed E-state index contributed by atoms with van der Waals surface area (Å²) in [6.07, 6.45) is 1.27. The fourth-order valence-electron chi connectivity index (χ4n) is 4.27. The van der Waals surface area contributed by atoms with E-state index in [0.717, 1.165) is 10.7 Å². The van der Waals surface area contributed by atoms with Gasteiger partial charge in [-0.25, -0.2) is 9.51 Å². The van der Waals surface area contributed by atoms with Gasteiger partial charge in [-0.3, -0.25) is 9.69 Å². The number of hydrogen-bond acceptors (Lipinski definition) is 5. The Morgan fingerprint density at radius 2 is 1.90 bits per heavy atom. The number of hydrogen-bond donors (Lipinski definition) is 1. The number of benzene rings is 2. The number of Topliss-reactive ketones (excluding diaryl/α,β-unsaturated/α-hetero) is 1. The molecule has 2 aliphatic heterocycles. The molecule has 1 saturated heterocycles. The summed E-state index contributed by atoms with van der Waals surface area (Å²) in [6, 6.07) is 11.5. The standard InChI is InChI=1S/C22H24F2N2O3/c23-18-6-5-16(13-21(18)29-12-11-27)15-25-9-7-22(8-10-25)14-20(28)17-3-1-2-4-19(17)26(22)24/h1-6,13,27H,7-12,14-15H2.